The zero-order chi connectivity index (χ0) is 49.8. The van der Waals surface area contributed by atoms with Crippen LogP contribution in [0.4, 0.5) is 11.4 Å². The fraction of sp³-hybridized carbons (Fsp3) is 0.0429. The molecule has 0 radical (unpaired) electrons. The summed E-state index contributed by atoms with van der Waals surface area (Å²) in [6.07, 6.45) is 0. The van der Waals surface area contributed by atoms with Gasteiger partial charge in [0.1, 0.15) is 5.69 Å². The van der Waals surface area contributed by atoms with Crippen molar-refractivity contribution in [1.82, 2.24) is 0 Å². The monoisotopic (exact) mass is 970 g/mol. The summed E-state index contributed by atoms with van der Waals surface area (Å²) in [6, 6.07) is 92.0. The summed E-state index contributed by atoms with van der Waals surface area (Å²) in [6.45, 7) is 0. The Hall–Kier alpha value is -9.65. The van der Waals surface area contributed by atoms with Gasteiger partial charge in [-0.25, -0.2) is 4.99 Å². The van der Waals surface area contributed by atoms with Gasteiger partial charge in [0.25, 0.3) is 0 Å². The van der Waals surface area contributed by atoms with E-state index in [9.17, 15) is 10.5 Å². The minimum absolute atomic E-state index is 0.395. The maximum Gasteiger partial charge on any atom is 0.106 e. The summed E-state index contributed by atoms with van der Waals surface area (Å²) < 4.78 is 0. The lowest BCUT2D eigenvalue weighted by molar-refractivity contribution is 0.769. The first-order valence-electron chi connectivity index (χ1n) is 25.4. The van der Waals surface area contributed by atoms with E-state index in [1.165, 1.54) is 66.8 Å². The van der Waals surface area contributed by atoms with Crippen molar-refractivity contribution in [1.29, 1.82) is 10.5 Å². The topological polar surface area (TPSA) is 72.0 Å². The minimum atomic E-state index is -0.592. The number of nitrogens with zero attached hydrogens (tertiary/aromatic N) is 3. The van der Waals surface area contributed by atoms with Gasteiger partial charge in [-0.05, 0) is 131 Å². The third-order valence-corrected chi connectivity index (χ3v) is 17.6. The predicted octanol–water partition coefficient (Wildman–Crippen LogP) is 16.8. The fourth-order valence-electron chi connectivity index (χ4n) is 13.2. The molecular formula is C70H42N4S. The summed E-state index contributed by atoms with van der Waals surface area (Å²) in [5.41, 5.74) is 23.4. The molecule has 4 aliphatic rings. The molecule has 1 aliphatic heterocycles. The third kappa shape index (κ3) is 5.99. The van der Waals surface area contributed by atoms with Crippen LogP contribution in [-0.4, -0.2) is 5.71 Å². The number of hydrogen-bond donors (Lipinski definition) is 1. The lowest BCUT2D eigenvalue weighted by Crippen LogP contribution is -2.29. The van der Waals surface area contributed by atoms with Crippen molar-refractivity contribution in [3.05, 3.63) is 309 Å². The molecule has 1 aromatic heterocycles. The number of rotatable bonds is 6. The lowest BCUT2D eigenvalue weighted by atomic mass is 9.67. The fourth-order valence-corrected chi connectivity index (χ4v) is 14.4. The molecule has 15 rings (SSSR count). The van der Waals surface area contributed by atoms with E-state index in [1.807, 2.05) is 36.4 Å². The minimum Gasteiger partial charge on any atom is -0.370 e. The van der Waals surface area contributed by atoms with Gasteiger partial charge in [0.15, 0.2) is 0 Å². The number of thiophene rings is 1. The van der Waals surface area contributed by atoms with Crippen molar-refractivity contribution in [2.24, 2.45) is 4.99 Å². The number of benzene rings is 10. The molecule has 3 aliphatic carbocycles. The number of aliphatic imine (C=N–C) groups is 1. The maximum absolute atomic E-state index is 10.3. The molecule has 0 amide bonds. The van der Waals surface area contributed by atoms with Crippen molar-refractivity contribution in [3.63, 3.8) is 0 Å². The number of nitriles is 2. The normalized spacial score (nSPS) is 15.2. The van der Waals surface area contributed by atoms with Gasteiger partial charge < -0.3 is 5.32 Å². The first-order valence-corrected chi connectivity index (χ1v) is 26.2. The van der Waals surface area contributed by atoms with E-state index in [4.69, 9.17) is 4.99 Å². The van der Waals surface area contributed by atoms with Crippen LogP contribution in [0.3, 0.4) is 0 Å². The van der Waals surface area contributed by atoms with Crippen LogP contribution in [0.15, 0.2) is 248 Å². The van der Waals surface area contributed by atoms with Gasteiger partial charge >= 0.3 is 0 Å². The Labute approximate surface area is 439 Å². The van der Waals surface area contributed by atoms with Crippen molar-refractivity contribution < 1.29 is 0 Å². The second-order valence-corrected chi connectivity index (χ2v) is 20.9. The smallest absolute Gasteiger partial charge is 0.106 e. The highest BCUT2D eigenvalue weighted by Crippen LogP contribution is 2.62. The van der Waals surface area contributed by atoms with Crippen molar-refractivity contribution in [2.75, 3.05) is 5.32 Å². The molecule has 1 atom stereocenters. The third-order valence-electron chi connectivity index (χ3n) is 16.3. The molecule has 11 aromatic rings. The van der Waals surface area contributed by atoms with Gasteiger partial charge in [-0.3, -0.25) is 0 Å². The Morgan fingerprint density at radius 1 is 0.387 bits per heavy atom. The molecule has 1 unspecified atom stereocenters. The second kappa shape index (κ2) is 16.4. The molecule has 0 fully saturated rings. The van der Waals surface area contributed by atoms with E-state index >= 15 is 0 Å². The first-order chi connectivity index (χ1) is 37.1. The maximum atomic E-state index is 10.3. The Bertz CT molecular complexity index is 4210. The summed E-state index contributed by atoms with van der Waals surface area (Å²) >= 11 is 1.77. The van der Waals surface area contributed by atoms with Crippen LogP contribution in [0.2, 0.25) is 0 Å². The zero-order valence-electron chi connectivity index (χ0n) is 40.4. The van der Waals surface area contributed by atoms with Crippen LogP contribution in [0.1, 0.15) is 72.8 Å². The number of anilines is 1. The van der Waals surface area contributed by atoms with Gasteiger partial charge in [0, 0.05) is 5.56 Å². The number of hydrogen-bond acceptors (Lipinski definition) is 5. The molecule has 0 saturated heterocycles. The lowest BCUT2D eigenvalue weighted by Gasteiger charge is -2.35. The predicted molar refractivity (Wildman–Crippen MR) is 304 cm³/mol. The Morgan fingerprint density at radius 2 is 0.813 bits per heavy atom. The Balaban J connectivity index is 1.02. The van der Waals surface area contributed by atoms with E-state index in [0.29, 0.717) is 11.1 Å². The van der Waals surface area contributed by atoms with E-state index in [2.05, 4.69) is 224 Å². The van der Waals surface area contributed by atoms with Crippen LogP contribution in [0.25, 0.3) is 54.3 Å². The summed E-state index contributed by atoms with van der Waals surface area (Å²) in [7, 11) is 0. The molecule has 4 nitrogen and oxygen atoms in total. The van der Waals surface area contributed by atoms with Crippen LogP contribution in [0.5, 0.6) is 0 Å². The van der Waals surface area contributed by atoms with Gasteiger partial charge in [-0.15, -0.1) is 11.3 Å². The molecule has 348 valence electrons. The zero-order valence-corrected chi connectivity index (χ0v) is 41.2. The average molecular weight is 971 g/mol. The van der Waals surface area contributed by atoms with E-state index in [-0.39, 0.29) is 0 Å². The van der Waals surface area contributed by atoms with E-state index in [1.54, 1.807) is 11.3 Å². The highest BCUT2D eigenvalue weighted by Gasteiger charge is 2.48. The van der Waals surface area contributed by atoms with Crippen molar-refractivity contribution in [3.8, 4) is 66.4 Å². The number of fused-ring (bicyclic) bond motifs is 13. The van der Waals surface area contributed by atoms with Crippen LogP contribution in [0, 0.1) is 22.7 Å². The largest absolute Gasteiger partial charge is 0.370 e. The van der Waals surface area contributed by atoms with Gasteiger partial charge in [0.2, 0.25) is 0 Å². The van der Waals surface area contributed by atoms with Crippen molar-refractivity contribution >= 4 is 28.4 Å². The quantitative estimate of drug-likeness (QED) is 0.180. The van der Waals surface area contributed by atoms with Gasteiger partial charge in [-0.1, -0.05) is 206 Å². The summed E-state index contributed by atoms with van der Waals surface area (Å²) in [5, 5.41) is 24.7. The Morgan fingerprint density at radius 3 is 1.32 bits per heavy atom. The second-order valence-electron chi connectivity index (χ2n) is 19.9. The molecular weight excluding hydrogens is 929 g/mol. The van der Waals surface area contributed by atoms with Crippen LogP contribution >= 0.6 is 11.3 Å². The SMILES string of the molecule is N#Cc1ccc2c(c1)C1=Nc3c(-c4ccc5c(c4)C(c4ccccc4)(c4ccccc4)c4ccccc4-5)sc(-c4ccc5c(c4)C(c4ccccc4)(c4ccccc4)c4ccccc4-5)c3NC1c1cc(C#N)ccc1-2. The average Bonchev–Trinajstić information content (AvgIpc) is 4.12. The first kappa shape index (κ1) is 43.0. The molecule has 0 saturated carbocycles. The molecule has 10 aromatic carbocycles. The van der Waals surface area contributed by atoms with Crippen molar-refractivity contribution in [2.45, 2.75) is 16.9 Å². The molecule has 0 spiro atoms. The van der Waals surface area contributed by atoms with E-state index < -0.39 is 16.9 Å². The van der Waals surface area contributed by atoms with Crippen LogP contribution < -0.4 is 5.32 Å². The van der Waals surface area contributed by atoms with Gasteiger partial charge in [-0.2, -0.15) is 10.5 Å². The summed E-state index contributed by atoms with van der Waals surface area (Å²) in [4.78, 5) is 7.97. The molecule has 1 N–H and O–H groups in total. The summed E-state index contributed by atoms with van der Waals surface area (Å²) in [5.74, 6) is 0. The van der Waals surface area contributed by atoms with E-state index in [0.717, 1.165) is 60.2 Å². The highest BCUT2D eigenvalue weighted by molar-refractivity contribution is 7.20. The molecule has 2 heterocycles. The Kier molecular flexibility index (Phi) is 9.42. The highest BCUT2D eigenvalue weighted by atomic mass is 32.1. The van der Waals surface area contributed by atoms with Gasteiger partial charge in [0.05, 0.1) is 61.3 Å². The number of nitrogens with one attached hydrogen (secondary N) is 1. The van der Waals surface area contributed by atoms with Crippen LogP contribution in [-0.2, 0) is 10.8 Å². The molecule has 75 heavy (non-hydrogen) atoms. The standard InChI is InChI=1S/C70H42N4S/c71-41-43-29-33-51-52-34-30-44(42-72)38-58(52)64-63(57(51)37-43)73-65-66(74-64)68(46-32-36-56-54-26-14-16-28-60(54)70(62(56)40-46,49-21-9-3-10-22-49)50-23-11-4-12-24-50)75-67(65)45-31-35-55-53-25-13-15-27-59(53)69(61(55)39-45,47-17-5-1-6-18-47)48-19-7-2-8-20-48/h1-40,63,73H. The molecule has 0 bridgehead atoms. The molecule has 5 heteroatoms.